The number of benzene rings is 2. The quantitative estimate of drug-likeness (QED) is 0.872. The average molecular weight is 337 g/mol. The first-order valence-corrected chi connectivity index (χ1v) is 8.63. The van der Waals surface area contributed by atoms with Crippen LogP contribution >= 0.6 is 0 Å². The summed E-state index contributed by atoms with van der Waals surface area (Å²) in [5.41, 5.74) is 1.57. The van der Waals surface area contributed by atoms with Gasteiger partial charge < -0.3 is 9.84 Å². The second-order valence-electron chi connectivity index (χ2n) is 5.26. The Bertz CT molecular complexity index is 823. The number of aliphatic hydroxyl groups excluding tert-OH is 1. The summed E-state index contributed by atoms with van der Waals surface area (Å²) >= 11 is 0. The molecule has 2 aromatic rings. The molecule has 2 aromatic carbocycles. The van der Waals surface area contributed by atoms with E-state index in [1.165, 1.54) is 18.2 Å². The van der Waals surface area contributed by atoms with Crippen LogP contribution < -0.4 is 9.46 Å². The predicted octanol–water partition coefficient (Wildman–Crippen LogP) is 1.77. The molecule has 0 spiro atoms. The number of nitrogens with one attached hydrogen (secondary N) is 1. The standard InChI is InChI=1S/C16H16FNO4S/c17-13-3-1-2-4-16(13)23(20,21)18-10-14(19)11-5-6-15-12(9-11)7-8-22-15/h1-6,9,14,18-19H,7-8,10H2. The highest BCUT2D eigenvalue weighted by atomic mass is 32.2. The molecule has 1 unspecified atom stereocenters. The van der Waals surface area contributed by atoms with Gasteiger partial charge in [0.15, 0.2) is 0 Å². The number of fused-ring (bicyclic) bond motifs is 1. The molecule has 0 saturated carbocycles. The van der Waals surface area contributed by atoms with Crippen LogP contribution in [-0.2, 0) is 16.4 Å². The summed E-state index contributed by atoms with van der Waals surface area (Å²) in [5, 5.41) is 10.2. The van der Waals surface area contributed by atoms with E-state index >= 15 is 0 Å². The third-order valence-corrected chi connectivity index (χ3v) is 5.15. The fourth-order valence-electron chi connectivity index (χ4n) is 2.46. The maximum atomic E-state index is 13.6. The van der Waals surface area contributed by atoms with Crippen molar-refractivity contribution in [2.24, 2.45) is 0 Å². The lowest BCUT2D eigenvalue weighted by Crippen LogP contribution is -2.29. The molecule has 1 heterocycles. The Hall–Kier alpha value is -1.96. The van der Waals surface area contributed by atoms with E-state index in [0.717, 1.165) is 23.8 Å². The van der Waals surface area contributed by atoms with Crippen LogP contribution in [0.2, 0.25) is 0 Å². The van der Waals surface area contributed by atoms with Crippen LogP contribution in [0.4, 0.5) is 4.39 Å². The normalized spacial score (nSPS) is 15.0. The first-order chi connectivity index (χ1) is 11.0. The summed E-state index contributed by atoms with van der Waals surface area (Å²) in [5.74, 6) is -0.0444. The zero-order valence-corrected chi connectivity index (χ0v) is 13.0. The summed E-state index contributed by atoms with van der Waals surface area (Å²) in [6, 6.07) is 10.3. The summed E-state index contributed by atoms with van der Waals surface area (Å²) in [6.07, 6.45) is -0.265. The molecule has 3 rings (SSSR count). The van der Waals surface area contributed by atoms with Crippen molar-refractivity contribution in [2.75, 3.05) is 13.2 Å². The Morgan fingerprint density at radius 1 is 1.26 bits per heavy atom. The number of rotatable bonds is 5. The van der Waals surface area contributed by atoms with Gasteiger partial charge in [0.05, 0.1) is 12.7 Å². The van der Waals surface area contributed by atoms with Gasteiger partial charge in [0, 0.05) is 13.0 Å². The number of hydrogen-bond acceptors (Lipinski definition) is 4. The molecule has 0 radical (unpaired) electrons. The van der Waals surface area contributed by atoms with Crippen LogP contribution in [0, 0.1) is 5.82 Å². The van der Waals surface area contributed by atoms with Crippen molar-refractivity contribution in [3.8, 4) is 5.75 Å². The van der Waals surface area contributed by atoms with Gasteiger partial charge in [-0.15, -0.1) is 0 Å². The minimum absolute atomic E-state index is 0.240. The molecule has 1 atom stereocenters. The van der Waals surface area contributed by atoms with Gasteiger partial charge in [-0.25, -0.2) is 17.5 Å². The Morgan fingerprint density at radius 2 is 2.04 bits per heavy atom. The first-order valence-electron chi connectivity index (χ1n) is 7.15. The molecule has 7 heteroatoms. The van der Waals surface area contributed by atoms with Crippen LogP contribution in [-0.4, -0.2) is 26.7 Å². The lowest BCUT2D eigenvalue weighted by atomic mass is 10.0. The van der Waals surface area contributed by atoms with Crippen LogP contribution in [0.15, 0.2) is 47.4 Å². The molecule has 122 valence electrons. The summed E-state index contributed by atoms with van der Waals surface area (Å²) in [6.45, 7) is 0.366. The molecule has 0 bridgehead atoms. The second-order valence-corrected chi connectivity index (χ2v) is 7.00. The van der Waals surface area contributed by atoms with Gasteiger partial charge in [0.25, 0.3) is 0 Å². The second kappa shape index (κ2) is 6.27. The van der Waals surface area contributed by atoms with Crippen molar-refractivity contribution in [1.82, 2.24) is 4.72 Å². The van der Waals surface area contributed by atoms with Gasteiger partial charge in [-0.3, -0.25) is 0 Å². The molecule has 0 aliphatic carbocycles. The molecule has 1 aliphatic rings. The van der Waals surface area contributed by atoms with Gasteiger partial charge in [-0.1, -0.05) is 18.2 Å². The molecule has 0 fully saturated rings. The van der Waals surface area contributed by atoms with Crippen molar-refractivity contribution in [1.29, 1.82) is 0 Å². The lowest BCUT2D eigenvalue weighted by molar-refractivity contribution is 0.182. The molecular formula is C16H16FNO4S. The van der Waals surface area contributed by atoms with E-state index in [4.69, 9.17) is 4.74 Å². The van der Waals surface area contributed by atoms with E-state index in [0.29, 0.717) is 12.2 Å². The van der Waals surface area contributed by atoms with E-state index in [1.807, 2.05) is 0 Å². The summed E-state index contributed by atoms with van der Waals surface area (Å²) in [7, 11) is -4.02. The molecule has 23 heavy (non-hydrogen) atoms. The Labute approximate surface area is 133 Å². The number of sulfonamides is 1. The van der Waals surface area contributed by atoms with Gasteiger partial charge >= 0.3 is 0 Å². The van der Waals surface area contributed by atoms with Crippen LogP contribution in [0.5, 0.6) is 5.75 Å². The van der Waals surface area contributed by atoms with E-state index in [2.05, 4.69) is 4.72 Å². The molecular weight excluding hydrogens is 321 g/mol. The number of aliphatic hydroxyl groups is 1. The maximum absolute atomic E-state index is 13.6. The van der Waals surface area contributed by atoms with Crippen molar-refractivity contribution in [3.05, 3.63) is 59.4 Å². The molecule has 5 nitrogen and oxygen atoms in total. The van der Waals surface area contributed by atoms with Gasteiger partial charge in [0.1, 0.15) is 16.5 Å². The third-order valence-electron chi connectivity index (χ3n) is 3.69. The maximum Gasteiger partial charge on any atom is 0.243 e. The zero-order valence-electron chi connectivity index (χ0n) is 12.2. The predicted molar refractivity (Wildman–Crippen MR) is 82.2 cm³/mol. The lowest BCUT2D eigenvalue weighted by Gasteiger charge is -2.14. The average Bonchev–Trinajstić information content (AvgIpc) is 3.00. The monoisotopic (exact) mass is 337 g/mol. The Balaban J connectivity index is 1.71. The van der Waals surface area contributed by atoms with Crippen molar-refractivity contribution >= 4 is 10.0 Å². The SMILES string of the molecule is O=S(=O)(NCC(O)c1ccc2c(c1)CCO2)c1ccccc1F. The van der Waals surface area contributed by atoms with Crippen LogP contribution in [0.25, 0.3) is 0 Å². The first kappa shape index (κ1) is 15.9. The highest BCUT2D eigenvalue weighted by Gasteiger charge is 2.21. The molecule has 0 aromatic heterocycles. The number of ether oxygens (including phenoxy) is 1. The molecule has 2 N–H and O–H groups in total. The van der Waals surface area contributed by atoms with E-state index in [-0.39, 0.29) is 6.54 Å². The van der Waals surface area contributed by atoms with Crippen molar-refractivity contribution < 1.29 is 22.7 Å². The van der Waals surface area contributed by atoms with Crippen LogP contribution in [0.3, 0.4) is 0 Å². The topological polar surface area (TPSA) is 75.6 Å². The van der Waals surface area contributed by atoms with Crippen LogP contribution in [0.1, 0.15) is 17.2 Å². The minimum atomic E-state index is -4.02. The number of hydrogen-bond donors (Lipinski definition) is 2. The number of halogens is 1. The summed E-state index contributed by atoms with van der Waals surface area (Å²) in [4.78, 5) is -0.436. The molecule has 1 aliphatic heterocycles. The molecule has 0 saturated heterocycles. The smallest absolute Gasteiger partial charge is 0.243 e. The molecule has 0 amide bonds. The fraction of sp³-hybridized carbons (Fsp3) is 0.250. The minimum Gasteiger partial charge on any atom is -0.493 e. The Kier molecular flexibility index (Phi) is 4.34. The highest BCUT2D eigenvalue weighted by molar-refractivity contribution is 7.89. The largest absolute Gasteiger partial charge is 0.493 e. The van der Waals surface area contributed by atoms with E-state index < -0.39 is 26.8 Å². The van der Waals surface area contributed by atoms with Crippen molar-refractivity contribution in [3.63, 3.8) is 0 Å². The summed E-state index contributed by atoms with van der Waals surface area (Å²) < 4.78 is 45.4. The van der Waals surface area contributed by atoms with E-state index in [9.17, 15) is 17.9 Å². The fourth-order valence-corrected chi connectivity index (χ4v) is 3.58. The Morgan fingerprint density at radius 3 is 2.83 bits per heavy atom. The van der Waals surface area contributed by atoms with Gasteiger partial charge in [-0.2, -0.15) is 0 Å². The van der Waals surface area contributed by atoms with Gasteiger partial charge in [0.2, 0.25) is 10.0 Å². The third kappa shape index (κ3) is 3.36. The van der Waals surface area contributed by atoms with Gasteiger partial charge in [-0.05, 0) is 35.4 Å². The highest BCUT2D eigenvalue weighted by Crippen LogP contribution is 2.28. The van der Waals surface area contributed by atoms with Crippen molar-refractivity contribution in [2.45, 2.75) is 17.4 Å². The van der Waals surface area contributed by atoms with E-state index in [1.54, 1.807) is 18.2 Å². The zero-order chi connectivity index (χ0) is 16.4.